The number of carbonyl (C=O) groups is 2. The van der Waals surface area contributed by atoms with Crippen molar-refractivity contribution in [1.82, 2.24) is 4.90 Å². The molecule has 0 atom stereocenters. The Morgan fingerprint density at radius 3 is 2.00 bits per heavy atom. The number of hydrogen-bond acceptors (Lipinski definition) is 9. The summed E-state index contributed by atoms with van der Waals surface area (Å²) in [7, 11) is 1.27. The summed E-state index contributed by atoms with van der Waals surface area (Å²) < 4.78 is 10.4. The molecule has 0 aliphatic heterocycles. The number of ether oxygens (including phenoxy) is 2. The third-order valence-corrected chi connectivity index (χ3v) is 4.20. The van der Waals surface area contributed by atoms with Crippen molar-refractivity contribution in [2.45, 2.75) is 57.6 Å². The molecule has 0 aromatic heterocycles. The Kier molecular flexibility index (Phi) is 8.10. The molecule has 12 nitrogen and oxygen atoms in total. The van der Waals surface area contributed by atoms with Crippen LogP contribution in [0.15, 0.2) is 28.1 Å². The Bertz CT molecular complexity index is 918. The zero-order valence-electron chi connectivity index (χ0n) is 18.2. The molecule has 0 heterocycles. The quantitative estimate of drug-likeness (QED) is 0.206. The van der Waals surface area contributed by atoms with Gasteiger partial charge < -0.3 is 9.47 Å². The summed E-state index contributed by atoms with van der Waals surface area (Å²) in [6.45, 7) is 9.76. The predicted molar refractivity (Wildman–Crippen MR) is 113 cm³/mol. The summed E-state index contributed by atoms with van der Waals surface area (Å²) in [6, 6.07) is 2.98. The molecule has 0 aliphatic rings. The van der Waals surface area contributed by atoms with Gasteiger partial charge in [0, 0.05) is 13.1 Å². The maximum Gasteiger partial charge on any atom is 0.436 e. The zero-order chi connectivity index (χ0) is 24.1. The number of nitro groups is 2. The van der Waals surface area contributed by atoms with Gasteiger partial charge in [0.25, 0.3) is 11.4 Å². The Morgan fingerprint density at radius 1 is 1.00 bits per heavy atom. The van der Waals surface area contributed by atoms with Gasteiger partial charge in [0.1, 0.15) is 11.2 Å². The van der Waals surface area contributed by atoms with Crippen LogP contribution in [0.25, 0.3) is 0 Å². The number of hydrogen-bond donors (Lipinski definition) is 0. The van der Waals surface area contributed by atoms with Crippen LogP contribution in [-0.2, 0) is 9.47 Å². The highest BCUT2D eigenvalue weighted by Gasteiger charge is 2.28. The van der Waals surface area contributed by atoms with Crippen molar-refractivity contribution < 1.29 is 28.9 Å². The molecule has 0 bridgehead atoms. The fraction of sp³-hybridized carbons (Fsp3) is 0.500. The zero-order valence-corrected chi connectivity index (χ0v) is 19.0. The van der Waals surface area contributed by atoms with E-state index in [2.05, 4.69) is 4.99 Å². The molecule has 0 saturated heterocycles. The number of benzene rings is 1. The van der Waals surface area contributed by atoms with Gasteiger partial charge in [-0.25, -0.2) is 9.59 Å². The van der Waals surface area contributed by atoms with Gasteiger partial charge in [-0.15, -0.1) is 0 Å². The van der Waals surface area contributed by atoms with Crippen molar-refractivity contribution in [3.8, 4) is 0 Å². The molecule has 0 unspecified atom stereocenters. The highest BCUT2D eigenvalue weighted by molar-refractivity contribution is 8.14. The highest BCUT2D eigenvalue weighted by atomic mass is 32.2. The molecule has 2 amide bonds. The second-order valence-corrected chi connectivity index (χ2v) is 9.19. The van der Waals surface area contributed by atoms with E-state index >= 15 is 0 Å². The number of rotatable bonds is 3. The van der Waals surface area contributed by atoms with Crippen LogP contribution in [0.4, 0.5) is 21.0 Å². The van der Waals surface area contributed by atoms with E-state index in [-0.39, 0.29) is 10.1 Å². The minimum atomic E-state index is -1.03. The average molecular weight is 456 g/mol. The smallest absolute Gasteiger partial charge is 0.436 e. The number of amidine groups is 1. The topological polar surface area (TPSA) is 154 Å². The molecule has 13 heteroatoms. The van der Waals surface area contributed by atoms with E-state index in [1.54, 1.807) is 41.5 Å². The molecule has 1 aromatic carbocycles. The molecule has 1 rings (SSSR count). The first-order valence-corrected chi connectivity index (χ1v) is 9.71. The lowest BCUT2D eigenvalue weighted by Gasteiger charge is -2.25. The maximum absolute atomic E-state index is 12.5. The fourth-order valence-corrected chi connectivity index (χ4v) is 2.79. The lowest BCUT2D eigenvalue weighted by atomic mass is 10.2. The fourth-order valence-electron chi connectivity index (χ4n) is 1.88. The minimum absolute atomic E-state index is 0.0756. The minimum Gasteiger partial charge on any atom is -0.443 e. The normalized spacial score (nSPS) is 12.2. The summed E-state index contributed by atoms with van der Waals surface area (Å²) in [6.07, 6.45) is -1.90. The summed E-state index contributed by atoms with van der Waals surface area (Å²) >= 11 is 0.591. The molecule has 31 heavy (non-hydrogen) atoms. The van der Waals surface area contributed by atoms with Gasteiger partial charge in [-0.2, -0.15) is 4.99 Å². The molecule has 1 aromatic rings. The van der Waals surface area contributed by atoms with E-state index in [4.69, 9.17) is 9.47 Å². The van der Waals surface area contributed by atoms with Crippen molar-refractivity contribution >= 4 is 40.5 Å². The van der Waals surface area contributed by atoms with Gasteiger partial charge in [0.2, 0.25) is 0 Å². The van der Waals surface area contributed by atoms with E-state index in [0.717, 1.165) is 23.1 Å². The third kappa shape index (κ3) is 8.58. The number of non-ortho nitro benzene ring substituents is 1. The van der Waals surface area contributed by atoms with E-state index in [1.165, 1.54) is 7.05 Å². The van der Waals surface area contributed by atoms with E-state index < -0.39 is 44.6 Å². The Labute approximate surface area is 182 Å². The first kappa shape index (κ1) is 25.8. The Balaban J connectivity index is 3.41. The number of amides is 2. The number of aliphatic imine (C=N–C) groups is 1. The molecule has 0 fully saturated rings. The number of thioether (sulfide) groups is 1. The van der Waals surface area contributed by atoms with Crippen molar-refractivity contribution in [3.63, 3.8) is 0 Å². The summed E-state index contributed by atoms with van der Waals surface area (Å²) in [5.41, 5.74) is -2.80. The van der Waals surface area contributed by atoms with Gasteiger partial charge in [0.05, 0.1) is 20.8 Å². The molecule has 0 saturated carbocycles. The molecule has 0 radical (unpaired) electrons. The molecule has 0 spiro atoms. The van der Waals surface area contributed by atoms with E-state index in [9.17, 15) is 29.8 Å². The molecule has 0 aliphatic carbocycles. The van der Waals surface area contributed by atoms with Gasteiger partial charge in [-0.05, 0) is 59.4 Å². The number of carbonyl (C=O) groups excluding carboxylic acids is 2. The average Bonchev–Trinajstić information content (AvgIpc) is 2.57. The lowest BCUT2D eigenvalue weighted by molar-refractivity contribution is -0.396. The lowest BCUT2D eigenvalue weighted by Crippen LogP contribution is -2.37. The second-order valence-electron chi connectivity index (χ2n) is 8.18. The van der Waals surface area contributed by atoms with Crippen LogP contribution < -0.4 is 0 Å². The summed E-state index contributed by atoms with van der Waals surface area (Å²) in [5.74, 6) is 0. The second kappa shape index (κ2) is 9.73. The van der Waals surface area contributed by atoms with Gasteiger partial charge in [-0.3, -0.25) is 25.1 Å². The van der Waals surface area contributed by atoms with Crippen molar-refractivity contribution in [3.05, 3.63) is 38.4 Å². The van der Waals surface area contributed by atoms with Crippen molar-refractivity contribution in [2.75, 3.05) is 7.05 Å². The van der Waals surface area contributed by atoms with Crippen LogP contribution >= 0.6 is 11.8 Å². The first-order chi connectivity index (χ1) is 14.0. The molecular formula is C18H24N4O8S. The SMILES string of the molecule is CN(C(=O)OC(C)(C)C)/C(=N/C(=O)OC(C)(C)C)Sc1ccc([N+](=O)[O-])cc1[N+](=O)[O-]. The van der Waals surface area contributed by atoms with Crippen LogP contribution in [0, 0.1) is 20.2 Å². The van der Waals surface area contributed by atoms with Gasteiger partial charge >= 0.3 is 12.2 Å². The number of nitro benzene ring substituents is 2. The van der Waals surface area contributed by atoms with Gasteiger partial charge in [0.15, 0.2) is 5.17 Å². The molecule has 170 valence electrons. The Hall–Kier alpha value is -3.22. The third-order valence-electron chi connectivity index (χ3n) is 3.09. The monoisotopic (exact) mass is 456 g/mol. The van der Waals surface area contributed by atoms with E-state index in [0.29, 0.717) is 11.8 Å². The number of nitrogens with zero attached hydrogens (tertiary/aromatic N) is 4. The predicted octanol–water partition coefficient (Wildman–Crippen LogP) is 4.75. The molecule has 0 N–H and O–H groups in total. The van der Waals surface area contributed by atoms with Crippen molar-refractivity contribution in [1.29, 1.82) is 0 Å². The van der Waals surface area contributed by atoms with Crippen LogP contribution in [0.2, 0.25) is 0 Å². The molecular weight excluding hydrogens is 432 g/mol. The van der Waals surface area contributed by atoms with Crippen LogP contribution in [0.3, 0.4) is 0 Å². The summed E-state index contributed by atoms with van der Waals surface area (Å²) in [5, 5.41) is 22.1. The maximum atomic E-state index is 12.5. The van der Waals surface area contributed by atoms with Gasteiger partial charge in [-0.1, -0.05) is 0 Å². The summed E-state index contributed by atoms with van der Waals surface area (Å²) in [4.78, 5) is 50.0. The Morgan fingerprint density at radius 2 is 1.55 bits per heavy atom. The largest absolute Gasteiger partial charge is 0.443 e. The van der Waals surface area contributed by atoms with Crippen LogP contribution in [0.5, 0.6) is 0 Å². The first-order valence-electron chi connectivity index (χ1n) is 8.89. The standard InChI is InChI=1S/C18H24N4O8S/c1-17(2,3)29-15(23)19-14(20(7)16(24)30-18(4,5)6)31-13-9-8-11(21(25)26)10-12(13)22(27)28/h8-10H,1-7H3/b19-14-. The van der Waals surface area contributed by atoms with Crippen molar-refractivity contribution in [2.24, 2.45) is 4.99 Å². The van der Waals surface area contributed by atoms with Crippen LogP contribution in [0.1, 0.15) is 41.5 Å². The highest BCUT2D eigenvalue weighted by Crippen LogP contribution is 2.34. The van der Waals surface area contributed by atoms with E-state index in [1.807, 2.05) is 0 Å². The van der Waals surface area contributed by atoms with Crippen LogP contribution in [-0.4, -0.2) is 50.4 Å².